The van der Waals surface area contributed by atoms with E-state index in [9.17, 15) is 14.4 Å². The highest BCUT2D eigenvalue weighted by Gasteiger charge is 2.44. The van der Waals surface area contributed by atoms with Crippen LogP contribution in [0.2, 0.25) is 0 Å². The van der Waals surface area contributed by atoms with Gasteiger partial charge in [-0.15, -0.1) is 0 Å². The van der Waals surface area contributed by atoms with Crippen molar-refractivity contribution in [1.82, 2.24) is 15.5 Å². The largest absolute Gasteiger partial charge is 0.497 e. The number of benzene rings is 1. The number of methoxy groups -OCH3 is 1. The van der Waals surface area contributed by atoms with Gasteiger partial charge < -0.3 is 25.0 Å². The number of rotatable bonds is 4. The molecule has 1 aliphatic carbocycles. The van der Waals surface area contributed by atoms with E-state index in [0.717, 1.165) is 19.3 Å². The number of fused-ring (bicyclic) bond motifs is 1. The number of carbonyl (C=O) groups excluding carboxylic acids is 3. The lowest BCUT2D eigenvalue weighted by Gasteiger charge is -2.38. The van der Waals surface area contributed by atoms with Crippen LogP contribution >= 0.6 is 0 Å². The Hall–Kier alpha value is -2.77. The summed E-state index contributed by atoms with van der Waals surface area (Å²) in [7, 11) is 1.56. The Kier molecular flexibility index (Phi) is 6.31. The van der Waals surface area contributed by atoms with Crippen LogP contribution in [0.4, 0.5) is 0 Å². The van der Waals surface area contributed by atoms with Crippen LogP contribution in [0.3, 0.4) is 0 Å². The van der Waals surface area contributed by atoms with Crippen molar-refractivity contribution in [3.8, 4) is 11.5 Å². The van der Waals surface area contributed by atoms with Crippen molar-refractivity contribution in [3.05, 3.63) is 23.8 Å². The fourth-order valence-electron chi connectivity index (χ4n) is 5.03. The van der Waals surface area contributed by atoms with Crippen LogP contribution in [0.15, 0.2) is 18.2 Å². The normalized spacial score (nSPS) is 28.8. The average molecular weight is 444 g/mol. The van der Waals surface area contributed by atoms with E-state index >= 15 is 0 Å². The van der Waals surface area contributed by atoms with Crippen molar-refractivity contribution in [2.24, 2.45) is 5.92 Å². The molecule has 4 unspecified atom stereocenters. The maximum absolute atomic E-state index is 12.9. The van der Waals surface area contributed by atoms with Gasteiger partial charge in [0.25, 0.3) is 5.91 Å². The second-order valence-electron chi connectivity index (χ2n) is 9.30. The van der Waals surface area contributed by atoms with E-state index in [2.05, 4.69) is 17.6 Å². The Labute approximate surface area is 189 Å². The van der Waals surface area contributed by atoms with Crippen LogP contribution in [0, 0.1) is 5.92 Å². The molecule has 1 spiro atoms. The molecule has 1 aromatic rings. The number of ether oxygens (including phenoxy) is 2. The van der Waals surface area contributed by atoms with Crippen molar-refractivity contribution >= 4 is 17.7 Å². The molecule has 1 saturated carbocycles. The van der Waals surface area contributed by atoms with E-state index in [1.807, 2.05) is 0 Å². The van der Waals surface area contributed by atoms with E-state index in [4.69, 9.17) is 9.47 Å². The molecule has 2 heterocycles. The third kappa shape index (κ3) is 4.40. The third-order valence-corrected chi connectivity index (χ3v) is 7.19. The maximum atomic E-state index is 12.9. The summed E-state index contributed by atoms with van der Waals surface area (Å²) in [5.74, 6) is 1.05. The van der Waals surface area contributed by atoms with E-state index in [0.29, 0.717) is 42.4 Å². The molecular formula is C24H33N3O5. The number of likely N-dealkylation sites (tertiary alicyclic amines) is 1. The molecular weight excluding hydrogens is 410 g/mol. The Balaban J connectivity index is 1.45. The highest BCUT2D eigenvalue weighted by molar-refractivity contribution is 5.98. The van der Waals surface area contributed by atoms with Crippen LogP contribution in [-0.4, -0.2) is 54.1 Å². The molecule has 1 saturated heterocycles. The number of hydrogen-bond acceptors (Lipinski definition) is 5. The first-order chi connectivity index (χ1) is 15.3. The third-order valence-electron chi connectivity index (χ3n) is 7.19. The van der Waals surface area contributed by atoms with Gasteiger partial charge in [-0.1, -0.05) is 19.8 Å². The van der Waals surface area contributed by atoms with Crippen molar-refractivity contribution in [2.45, 2.75) is 76.6 Å². The van der Waals surface area contributed by atoms with Gasteiger partial charge in [-0.25, -0.2) is 0 Å². The Morgan fingerprint density at radius 3 is 2.81 bits per heavy atom. The van der Waals surface area contributed by atoms with Crippen molar-refractivity contribution in [2.75, 3.05) is 13.7 Å². The molecule has 8 nitrogen and oxygen atoms in total. The lowest BCUT2D eigenvalue weighted by molar-refractivity contribution is -0.140. The van der Waals surface area contributed by atoms with Crippen molar-refractivity contribution in [3.63, 3.8) is 0 Å². The number of nitrogens with one attached hydrogen (secondary N) is 2. The zero-order valence-corrected chi connectivity index (χ0v) is 19.1. The van der Waals surface area contributed by atoms with Gasteiger partial charge in [0.15, 0.2) is 5.72 Å². The van der Waals surface area contributed by atoms with Gasteiger partial charge in [0.2, 0.25) is 11.8 Å². The minimum absolute atomic E-state index is 0.101. The molecule has 3 aliphatic rings. The Morgan fingerprint density at radius 2 is 2.06 bits per heavy atom. The van der Waals surface area contributed by atoms with Gasteiger partial charge in [0, 0.05) is 37.9 Å². The molecule has 32 heavy (non-hydrogen) atoms. The molecule has 0 bridgehead atoms. The van der Waals surface area contributed by atoms with Gasteiger partial charge in [0.1, 0.15) is 17.5 Å². The Morgan fingerprint density at radius 1 is 1.28 bits per heavy atom. The molecule has 0 radical (unpaired) electrons. The van der Waals surface area contributed by atoms with E-state index in [1.54, 1.807) is 37.1 Å². The first-order valence-corrected chi connectivity index (χ1v) is 11.6. The second-order valence-corrected chi connectivity index (χ2v) is 9.30. The van der Waals surface area contributed by atoms with Gasteiger partial charge in [-0.05, 0) is 37.8 Å². The summed E-state index contributed by atoms with van der Waals surface area (Å²) in [5.41, 5.74) is -0.534. The molecule has 3 amide bonds. The molecule has 2 fully saturated rings. The highest BCUT2D eigenvalue weighted by Crippen LogP contribution is 2.36. The van der Waals surface area contributed by atoms with Gasteiger partial charge >= 0.3 is 0 Å². The summed E-state index contributed by atoms with van der Waals surface area (Å²) >= 11 is 0. The number of amides is 3. The van der Waals surface area contributed by atoms with Crippen LogP contribution in [-0.2, 0) is 9.59 Å². The fourth-order valence-corrected chi connectivity index (χ4v) is 5.03. The lowest BCUT2D eigenvalue weighted by Crippen LogP contribution is -2.57. The molecule has 2 aliphatic heterocycles. The summed E-state index contributed by atoms with van der Waals surface area (Å²) in [6.45, 7) is 4.28. The minimum atomic E-state index is -0.977. The first-order valence-electron chi connectivity index (χ1n) is 11.6. The SMILES string of the molecule is COc1ccc2c(c1)OC1(CCC(=O)N(C(C)C(=O)NC3CCCCC3C)CC1)NC2=O. The summed E-state index contributed by atoms with van der Waals surface area (Å²) in [4.78, 5) is 40.2. The smallest absolute Gasteiger partial charge is 0.258 e. The lowest BCUT2D eigenvalue weighted by atomic mass is 9.86. The molecule has 8 heteroatoms. The predicted molar refractivity (Wildman–Crippen MR) is 118 cm³/mol. The molecule has 4 atom stereocenters. The molecule has 2 N–H and O–H groups in total. The summed E-state index contributed by atoms with van der Waals surface area (Å²) in [6.07, 6.45) is 5.37. The van der Waals surface area contributed by atoms with E-state index < -0.39 is 11.8 Å². The Bertz CT molecular complexity index is 904. The summed E-state index contributed by atoms with van der Waals surface area (Å²) < 4.78 is 11.5. The van der Waals surface area contributed by atoms with E-state index in [1.165, 1.54) is 6.42 Å². The highest BCUT2D eigenvalue weighted by atomic mass is 16.5. The van der Waals surface area contributed by atoms with E-state index in [-0.39, 0.29) is 30.2 Å². The zero-order chi connectivity index (χ0) is 22.9. The quantitative estimate of drug-likeness (QED) is 0.746. The second kappa shape index (κ2) is 9.00. The van der Waals surface area contributed by atoms with Crippen molar-refractivity contribution < 1.29 is 23.9 Å². The number of carbonyl (C=O) groups is 3. The number of hydrogen-bond donors (Lipinski definition) is 2. The zero-order valence-electron chi connectivity index (χ0n) is 19.1. The first kappa shape index (κ1) is 22.4. The topological polar surface area (TPSA) is 97.0 Å². The standard InChI is InChI=1S/C24H33N3O5/c1-15-6-4-5-7-19(15)25-22(29)16(2)27-13-12-24(11-10-21(27)28)26-23(30)18-9-8-17(31-3)14-20(18)32-24/h8-9,14-16,19H,4-7,10-13H2,1-3H3,(H,25,29)(H,26,30). The van der Waals surface area contributed by atoms with Gasteiger partial charge in [0.05, 0.1) is 12.7 Å². The van der Waals surface area contributed by atoms with Gasteiger partial charge in [-0.3, -0.25) is 14.4 Å². The minimum Gasteiger partial charge on any atom is -0.497 e. The predicted octanol–water partition coefficient (Wildman–Crippen LogP) is 2.61. The van der Waals surface area contributed by atoms with Crippen LogP contribution in [0.5, 0.6) is 11.5 Å². The van der Waals surface area contributed by atoms with Crippen LogP contribution in [0.1, 0.15) is 69.2 Å². The van der Waals surface area contributed by atoms with Crippen molar-refractivity contribution in [1.29, 1.82) is 0 Å². The van der Waals surface area contributed by atoms with Crippen LogP contribution < -0.4 is 20.1 Å². The van der Waals surface area contributed by atoms with Crippen LogP contribution in [0.25, 0.3) is 0 Å². The molecule has 1 aromatic carbocycles. The molecule has 0 aromatic heterocycles. The maximum Gasteiger partial charge on any atom is 0.258 e. The summed E-state index contributed by atoms with van der Waals surface area (Å²) in [6, 6.07) is 4.68. The molecule has 174 valence electrons. The monoisotopic (exact) mass is 443 g/mol. The fraction of sp³-hybridized carbons (Fsp3) is 0.625. The molecule has 4 rings (SSSR count). The average Bonchev–Trinajstić information content (AvgIpc) is 2.93. The summed E-state index contributed by atoms with van der Waals surface area (Å²) in [5, 5.41) is 6.13. The number of nitrogens with zero attached hydrogens (tertiary/aromatic N) is 1. The van der Waals surface area contributed by atoms with Gasteiger partial charge in [-0.2, -0.15) is 0 Å².